The molecule has 7 nitrogen and oxygen atoms in total. The van der Waals surface area contributed by atoms with Gasteiger partial charge in [0.15, 0.2) is 0 Å². The van der Waals surface area contributed by atoms with Gasteiger partial charge in [-0.3, -0.25) is 18.6 Å². The smallest absolute Gasteiger partial charge is 0.305 e. The molecule has 0 atom stereocenters. The molecule has 8 heteroatoms. The Balaban J connectivity index is 2.04. The molecule has 0 aliphatic carbocycles. The summed E-state index contributed by atoms with van der Waals surface area (Å²) < 4.78 is 3.47. The predicted molar refractivity (Wildman–Crippen MR) is 110 cm³/mol. The van der Waals surface area contributed by atoms with E-state index in [1.54, 1.807) is 18.3 Å². The number of aromatic nitrogens is 3. The van der Waals surface area contributed by atoms with Crippen LogP contribution in [0.25, 0.3) is 17.0 Å². The van der Waals surface area contributed by atoms with Crippen LogP contribution in [0.15, 0.2) is 41.3 Å². The van der Waals surface area contributed by atoms with E-state index in [-0.39, 0.29) is 18.5 Å². The van der Waals surface area contributed by atoms with E-state index in [4.69, 9.17) is 16.7 Å². The molecule has 148 valence electrons. The Morgan fingerprint density at radius 3 is 2.68 bits per heavy atom. The molecule has 0 spiro atoms. The van der Waals surface area contributed by atoms with Gasteiger partial charge in [0, 0.05) is 35.9 Å². The molecule has 2 heterocycles. The van der Waals surface area contributed by atoms with Crippen molar-refractivity contribution in [2.75, 3.05) is 11.9 Å². The predicted octanol–water partition coefficient (Wildman–Crippen LogP) is 3.89. The zero-order valence-corrected chi connectivity index (χ0v) is 16.4. The first-order valence-electron chi connectivity index (χ1n) is 9.34. The van der Waals surface area contributed by atoms with E-state index in [1.165, 1.54) is 10.5 Å². The van der Waals surface area contributed by atoms with Gasteiger partial charge in [0.2, 0.25) is 5.78 Å². The molecule has 28 heavy (non-hydrogen) atoms. The fourth-order valence-electron chi connectivity index (χ4n) is 3.04. The fourth-order valence-corrected chi connectivity index (χ4v) is 3.17. The van der Waals surface area contributed by atoms with Gasteiger partial charge in [0.25, 0.3) is 5.56 Å². The monoisotopic (exact) mass is 402 g/mol. The molecular weight excluding hydrogens is 380 g/mol. The maximum absolute atomic E-state index is 12.6. The van der Waals surface area contributed by atoms with Crippen molar-refractivity contribution in [3.63, 3.8) is 0 Å². The normalized spacial score (nSPS) is 11.1. The first-order valence-corrected chi connectivity index (χ1v) is 9.72. The van der Waals surface area contributed by atoms with Crippen molar-refractivity contribution >= 4 is 29.2 Å². The van der Waals surface area contributed by atoms with E-state index < -0.39 is 5.97 Å². The number of hydrogen-bond acceptors (Lipinski definition) is 4. The Morgan fingerprint density at radius 1 is 1.25 bits per heavy atom. The number of imidazole rings is 1. The van der Waals surface area contributed by atoms with Crippen LogP contribution in [0, 0.1) is 0 Å². The van der Waals surface area contributed by atoms with Gasteiger partial charge in [-0.1, -0.05) is 43.5 Å². The fraction of sp³-hybridized carbons (Fsp3) is 0.350. The van der Waals surface area contributed by atoms with E-state index in [9.17, 15) is 9.59 Å². The summed E-state index contributed by atoms with van der Waals surface area (Å²) in [6.45, 7) is 3.05. The summed E-state index contributed by atoms with van der Waals surface area (Å²) in [5.74, 6) is 0.230. The van der Waals surface area contributed by atoms with Crippen LogP contribution in [0.4, 0.5) is 5.82 Å². The zero-order chi connectivity index (χ0) is 20.1. The maximum atomic E-state index is 12.6. The molecule has 0 saturated heterocycles. The van der Waals surface area contributed by atoms with E-state index in [2.05, 4.69) is 17.2 Å². The van der Waals surface area contributed by atoms with Crippen molar-refractivity contribution in [2.45, 2.75) is 39.2 Å². The number of unbranched alkanes of at least 4 members (excludes halogenated alkanes) is 2. The Hall–Kier alpha value is -2.80. The number of aryl methyl sites for hydroxylation is 1. The summed E-state index contributed by atoms with van der Waals surface area (Å²) in [7, 11) is 0. The van der Waals surface area contributed by atoms with Gasteiger partial charge >= 0.3 is 5.97 Å². The van der Waals surface area contributed by atoms with E-state index >= 15 is 0 Å². The first-order chi connectivity index (χ1) is 13.5. The largest absolute Gasteiger partial charge is 0.481 e. The minimum absolute atomic E-state index is 0.0290. The Morgan fingerprint density at radius 2 is 2.00 bits per heavy atom. The standard InChI is InChI=1S/C20H23ClN4O3/c1-2-3-4-11-24-17(22-10-9-19(27)28)12-18(26)25-13-16(23-20(24)25)14-5-7-15(21)8-6-14/h5-8,12-13,22H,2-4,9-11H2,1H3,(H,27,28). The van der Waals surface area contributed by atoms with E-state index in [0.29, 0.717) is 28.9 Å². The van der Waals surface area contributed by atoms with Crippen molar-refractivity contribution in [1.82, 2.24) is 14.0 Å². The molecule has 2 aromatic heterocycles. The van der Waals surface area contributed by atoms with Crippen LogP contribution in [-0.4, -0.2) is 31.6 Å². The number of halogens is 1. The summed E-state index contributed by atoms with van der Waals surface area (Å²) in [6.07, 6.45) is 4.75. The Bertz CT molecular complexity index is 1020. The second kappa shape index (κ2) is 8.93. The van der Waals surface area contributed by atoms with Gasteiger partial charge in [0.1, 0.15) is 5.82 Å². The molecule has 0 amide bonds. The maximum Gasteiger partial charge on any atom is 0.305 e. The molecule has 0 aliphatic heterocycles. The van der Waals surface area contributed by atoms with Crippen LogP contribution in [0.5, 0.6) is 0 Å². The highest BCUT2D eigenvalue weighted by Crippen LogP contribution is 2.22. The van der Waals surface area contributed by atoms with Crippen LogP contribution >= 0.6 is 11.6 Å². The van der Waals surface area contributed by atoms with Crippen LogP contribution in [0.1, 0.15) is 32.6 Å². The molecule has 0 radical (unpaired) electrons. The van der Waals surface area contributed by atoms with E-state index in [0.717, 1.165) is 24.8 Å². The quantitative estimate of drug-likeness (QED) is 0.530. The van der Waals surface area contributed by atoms with Gasteiger partial charge in [-0.15, -0.1) is 0 Å². The van der Waals surface area contributed by atoms with Gasteiger partial charge < -0.3 is 10.4 Å². The minimum Gasteiger partial charge on any atom is -0.481 e. The van der Waals surface area contributed by atoms with Crippen molar-refractivity contribution in [2.24, 2.45) is 0 Å². The number of nitrogens with zero attached hydrogens (tertiary/aromatic N) is 3. The Labute approximate surface area is 167 Å². The second-order valence-electron chi connectivity index (χ2n) is 6.60. The van der Waals surface area contributed by atoms with Crippen molar-refractivity contribution < 1.29 is 9.90 Å². The molecule has 0 unspecified atom stereocenters. The van der Waals surface area contributed by atoms with Crippen LogP contribution in [0.2, 0.25) is 5.02 Å². The lowest BCUT2D eigenvalue weighted by atomic mass is 10.2. The highest BCUT2D eigenvalue weighted by atomic mass is 35.5. The van der Waals surface area contributed by atoms with Crippen molar-refractivity contribution in [3.8, 4) is 11.3 Å². The van der Waals surface area contributed by atoms with Crippen LogP contribution in [0.3, 0.4) is 0 Å². The molecule has 0 aliphatic rings. The highest BCUT2D eigenvalue weighted by molar-refractivity contribution is 6.30. The summed E-state index contributed by atoms with van der Waals surface area (Å²) >= 11 is 5.96. The van der Waals surface area contributed by atoms with E-state index in [1.807, 2.05) is 16.7 Å². The molecule has 0 saturated carbocycles. The number of benzene rings is 1. The number of anilines is 1. The number of carbonyl (C=O) groups is 1. The number of rotatable bonds is 9. The molecule has 0 fully saturated rings. The lowest BCUT2D eigenvalue weighted by molar-refractivity contribution is -0.136. The average molecular weight is 403 g/mol. The third kappa shape index (κ3) is 4.54. The topological polar surface area (TPSA) is 88.6 Å². The van der Waals surface area contributed by atoms with Crippen molar-refractivity contribution in [3.05, 3.63) is 51.9 Å². The second-order valence-corrected chi connectivity index (χ2v) is 7.04. The number of carboxylic acids is 1. The summed E-state index contributed by atoms with van der Waals surface area (Å²) in [4.78, 5) is 28.1. The first kappa shape index (κ1) is 19.9. The molecule has 3 aromatic rings. The number of nitrogens with one attached hydrogen (secondary N) is 1. The SMILES string of the molecule is CCCCCn1c(NCCC(=O)O)cc(=O)n2cc(-c3ccc(Cl)cc3)nc12. The third-order valence-corrected chi connectivity index (χ3v) is 4.74. The lowest BCUT2D eigenvalue weighted by Gasteiger charge is -2.15. The number of hydrogen-bond donors (Lipinski definition) is 2. The van der Waals surface area contributed by atoms with Crippen LogP contribution in [-0.2, 0) is 11.3 Å². The number of aliphatic carboxylic acids is 1. The molecule has 1 aromatic carbocycles. The molecule has 2 N–H and O–H groups in total. The van der Waals surface area contributed by atoms with Gasteiger partial charge in [-0.2, -0.15) is 0 Å². The minimum atomic E-state index is -0.890. The van der Waals surface area contributed by atoms with Crippen molar-refractivity contribution in [1.29, 1.82) is 0 Å². The van der Waals surface area contributed by atoms with Gasteiger partial charge in [0.05, 0.1) is 12.1 Å². The highest BCUT2D eigenvalue weighted by Gasteiger charge is 2.14. The number of carboxylic acid groups (broad SMARTS) is 1. The van der Waals surface area contributed by atoms with Gasteiger partial charge in [-0.05, 0) is 18.6 Å². The average Bonchev–Trinajstić information content (AvgIpc) is 3.10. The molecule has 0 bridgehead atoms. The third-order valence-electron chi connectivity index (χ3n) is 4.49. The summed E-state index contributed by atoms with van der Waals surface area (Å²) in [6, 6.07) is 8.79. The molecule has 3 rings (SSSR count). The summed E-state index contributed by atoms with van der Waals surface area (Å²) in [5.41, 5.74) is 1.33. The lowest BCUT2D eigenvalue weighted by Crippen LogP contribution is -2.21. The summed E-state index contributed by atoms with van der Waals surface area (Å²) in [5, 5.41) is 12.6. The molecular formula is C20H23ClN4O3. The zero-order valence-electron chi connectivity index (χ0n) is 15.7. The number of fused-ring (bicyclic) bond motifs is 1. The van der Waals surface area contributed by atoms with Gasteiger partial charge in [-0.25, -0.2) is 4.98 Å². The van der Waals surface area contributed by atoms with Crippen LogP contribution < -0.4 is 10.9 Å². The Kier molecular flexibility index (Phi) is 6.36.